The third-order valence-electron chi connectivity index (χ3n) is 4.01. The average molecular weight is 294 g/mol. The van der Waals surface area contributed by atoms with Crippen molar-refractivity contribution in [2.24, 2.45) is 5.92 Å². The molecular weight excluding hydrogens is 268 g/mol. The van der Waals surface area contributed by atoms with Gasteiger partial charge in [-0.2, -0.15) is 0 Å². The van der Waals surface area contributed by atoms with E-state index < -0.39 is 0 Å². The van der Waals surface area contributed by atoms with Gasteiger partial charge in [-0.1, -0.05) is 27.7 Å². The number of amides is 1. The summed E-state index contributed by atoms with van der Waals surface area (Å²) in [7, 11) is 0. The minimum atomic E-state index is 0.0990. The molecule has 2 rings (SSSR count). The first kappa shape index (κ1) is 15.5. The van der Waals surface area contributed by atoms with Crippen LogP contribution in [0.4, 0.5) is 0 Å². The second-order valence-corrected chi connectivity index (χ2v) is 7.88. The Hall–Kier alpha value is -0.900. The lowest BCUT2D eigenvalue weighted by Crippen LogP contribution is -2.37. The van der Waals surface area contributed by atoms with Crippen molar-refractivity contribution in [2.75, 3.05) is 13.1 Å². The van der Waals surface area contributed by atoms with Crippen LogP contribution in [0.5, 0.6) is 0 Å². The van der Waals surface area contributed by atoms with Crippen molar-refractivity contribution in [1.29, 1.82) is 0 Å². The highest BCUT2D eigenvalue weighted by atomic mass is 32.1. The van der Waals surface area contributed by atoms with Gasteiger partial charge in [0.2, 0.25) is 5.91 Å². The van der Waals surface area contributed by atoms with Crippen molar-refractivity contribution in [3.8, 4) is 0 Å². The van der Waals surface area contributed by atoms with E-state index in [-0.39, 0.29) is 5.41 Å². The molecule has 4 heteroatoms. The Balaban J connectivity index is 1.83. The van der Waals surface area contributed by atoms with Crippen LogP contribution in [-0.2, 0) is 16.6 Å². The van der Waals surface area contributed by atoms with Crippen LogP contribution < -0.4 is 0 Å². The van der Waals surface area contributed by atoms with Gasteiger partial charge in [-0.15, -0.1) is 11.3 Å². The predicted octanol–water partition coefficient (Wildman–Crippen LogP) is 3.63. The number of hydrogen-bond donors (Lipinski definition) is 0. The zero-order valence-corrected chi connectivity index (χ0v) is 13.9. The predicted molar refractivity (Wildman–Crippen MR) is 84.1 cm³/mol. The fourth-order valence-electron chi connectivity index (χ4n) is 2.40. The third-order valence-corrected chi connectivity index (χ3v) is 4.92. The zero-order chi connectivity index (χ0) is 14.8. The molecule has 0 radical (unpaired) electrons. The summed E-state index contributed by atoms with van der Waals surface area (Å²) in [5.74, 6) is 1.07. The molecule has 0 spiro atoms. The molecule has 0 aromatic carbocycles. The monoisotopic (exact) mass is 294 g/mol. The van der Waals surface area contributed by atoms with Crippen LogP contribution in [0, 0.1) is 5.92 Å². The Morgan fingerprint density at radius 2 is 2.05 bits per heavy atom. The topological polar surface area (TPSA) is 33.2 Å². The van der Waals surface area contributed by atoms with Crippen molar-refractivity contribution in [3.05, 3.63) is 16.1 Å². The Kier molecular flexibility index (Phi) is 4.84. The first-order chi connectivity index (χ1) is 9.36. The second-order valence-electron chi connectivity index (χ2n) is 6.94. The number of carbonyl (C=O) groups excluding carboxylic acids is 1. The van der Waals surface area contributed by atoms with Crippen LogP contribution >= 0.6 is 11.3 Å². The molecule has 1 amide bonds. The van der Waals surface area contributed by atoms with Gasteiger partial charge in [0.25, 0.3) is 0 Å². The first-order valence-electron chi connectivity index (χ1n) is 7.59. The number of nitrogens with zero attached hydrogens (tertiary/aromatic N) is 2. The summed E-state index contributed by atoms with van der Waals surface area (Å²) in [6.07, 6.45) is 3.69. The van der Waals surface area contributed by atoms with E-state index in [1.54, 1.807) is 11.3 Å². The van der Waals surface area contributed by atoms with Gasteiger partial charge in [0.15, 0.2) is 0 Å². The SMILES string of the molecule is CC1CCN(C(=O)CCc2nc(C(C)(C)C)cs2)CC1. The highest BCUT2D eigenvalue weighted by Crippen LogP contribution is 2.24. The maximum Gasteiger partial charge on any atom is 0.222 e. The number of piperidine rings is 1. The van der Waals surface area contributed by atoms with Crippen molar-refractivity contribution >= 4 is 17.2 Å². The molecule has 0 saturated carbocycles. The maximum absolute atomic E-state index is 12.2. The lowest BCUT2D eigenvalue weighted by Gasteiger charge is -2.30. The molecule has 3 nitrogen and oxygen atoms in total. The van der Waals surface area contributed by atoms with E-state index in [0.717, 1.165) is 49.0 Å². The number of carbonyl (C=O) groups is 1. The van der Waals surface area contributed by atoms with Gasteiger partial charge >= 0.3 is 0 Å². The van der Waals surface area contributed by atoms with E-state index in [4.69, 9.17) is 0 Å². The quantitative estimate of drug-likeness (QED) is 0.853. The zero-order valence-electron chi connectivity index (χ0n) is 13.1. The van der Waals surface area contributed by atoms with Crippen molar-refractivity contribution in [1.82, 2.24) is 9.88 Å². The summed E-state index contributed by atoms with van der Waals surface area (Å²) in [5, 5.41) is 3.22. The first-order valence-corrected chi connectivity index (χ1v) is 8.47. The molecule has 1 aromatic rings. The molecule has 0 atom stereocenters. The number of hydrogen-bond acceptors (Lipinski definition) is 3. The van der Waals surface area contributed by atoms with Crippen LogP contribution in [0.1, 0.15) is 57.7 Å². The number of likely N-dealkylation sites (tertiary alicyclic amines) is 1. The lowest BCUT2D eigenvalue weighted by molar-refractivity contribution is -0.132. The van der Waals surface area contributed by atoms with E-state index in [2.05, 4.69) is 38.1 Å². The number of thiazole rings is 1. The van der Waals surface area contributed by atoms with Crippen LogP contribution in [-0.4, -0.2) is 28.9 Å². The molecule has 0 N–H and O–H groups in total. The molecule has 0 aliphatic carbocycles. The molecule has 1 fully saturated rings. The normalized spacial score (nSPS) is 17.5. The number of aryl methyl sites for hydroxylation is 1. The van der Waals surface area contributed by atoms with Crippen LogP contribution in [0.3, 0.4) is 0 Å². The largest absolute Gasteiger partial charge is 0.343 e. The Morgan fingerprint density at radius 3 is 2.60 bits per heavy atom. The molecule has 20 heavy (non-hydrogen) atoms. The molecule has 1 aliphatic rings. The summed E-state index contributed by atoms with van der Waals surface area (Å²) >= 11 is 1.68. The van der Waals surface area contributed by atoms with Crippen molar-refractivity contribution in [3.63, 3.8) is 0 Å². The molecule has 0 unspecified atom stereocenters. The van der Waals surface area contributed by atoms with Crippen molar-refractivity contribution in [2.45, 2.75) is 58.8 Å². The summed E-state index contributed by atoms with van der Waals surface area (Å²) < 4.78 is 0. The van der Waals surface area contributed by atoms with Gasteiger partial charge in [0.1, 0.15) is 0 Å². The van der Waals surface area contributed by atoms with Gasteiger partial charge < -0.3 is 4.90 Å². The van der Waals surface area contributed by atoms with Gasteiger partial charge in [0, 0.05) is 36.7 Å². The Morgan fingerprint density at radius 1 is 1.40 bits per heavy atom. The average Bonchev–Trinajstić information content (AvgIpc) is 2.85. The van der Waals surface area contributed by atoms with Crippen LogP contribution in [0.15, 0.2) is 5.38 Å². The molecule has 0 bridgehead atoms. The highest BCUT2D eigenvalue weighted by molar-refractivity contribution is 7.09. The minimum Gasteiger partial charge on any atom is -0.343 e. The summed E-state index contributed by atoms with van der Waals surface area (Å²) in [6.45, 7) is 10.7. The van der Waals surface area contributed by atoms with E-state index in [1.165, 1.54) is 0 Å². The van der Waals surface area contributed by atoms with Gasteiger partial charge in [-0.05, 0) is 18.8 Å². The van der Waals surface area contributed by atoms with E-state index >= 15 is 0 Å². The molecular formula is C16H26N2OS. The molecule has 2 heterocycles. The second kappa shape index (κ2) is 6.25. The summed E-state index contributed by atoms with van der Waals surface area (Å²) in [5.41, 5.74) is 1.23. The van der Waals surface area contributed by atoms with Crippen molar-refractivity contribution < 1.29 is 4.79 Å². The number of aromatic nitrogens is 1. The molecule has 1 saturated heterocycles. The minimum absolute atomic E-state index is 0.0990. The third kappa shape index (κ3) is 4.05. The van der Waals surface area contributed by atoms with E-state index in [0.29, 0.717) is 12.3 Å². The summed E-state index contributed by atoms with van der Waals surface area (Å²) in [6, 6.07) is 0. The standard InChI is InChI=1S/C16H26N2OS/c1-12-7-9-18(10-8-12)15(19)6-5-14-17-13(11-20-14)16(2,3)4/h11-12H,5-10H2,1-4H3. The smallest absolute Gasteiger partial charge is 0.222 e. The number of rotatable bonds is 3. The fourth-order valence-corrected chi connectivity index (χ4v) is 3.43. The van der Waals surface area contributed by atoms with E-state index in [1.807, 2.05) is 4.90 Å². The lowest BCUT2D eigenvalue weighted by atomic mass is 9.93. The summed E-state index contributed by atoms with van der Waals surface area (Å²) in [4.78, 5) is 18.9. The Labute approximate surface area is 126 Å². The van der Waals surface area contributed by atoms with Gasteiger partial charge in [0.05, 0.1) is 10.7 Å². The molecule has 112 valence electrons. The van der Waals surface area contributed by atoms with Gasteiger partial charge in [-0.3, -0.25) is 4.79 Å². The van der Waals surface area contributed by atoms with Crippen LogP contribution in [0.25, 0.3) is 0 Å². The van der Waals surface area contributed by atoms with E-state index in [9.17, 15) is 4.79 Å². The highest BCUT2D eigenvalue weighted by Gasteiger charge is 2.21. The maximum atomic E-state index is 12.2. The molecule has 1 aromatic heterocycles. The van der Waals surface area contributed by atoms with Crippen LogP contribution in [0.2, 0.25) is 0 Å². The van der Waals surface area contributed by atoms with Gasteiger partial charge in [-0.25, -0.2) is 4.98 Å². The Bertz CT molecular complexity index is 453. The fraction of sp³-hybridized carbons (Fsp3) is 0.750. The molecule has 1 aliphatic heterocycles.